The van der Waals surface area contributed by atoms with Gasteiger partial charge in [-0.2, -0.15) is 0 Å². The first-order valence-corrected chi connectivity index (χ1v) is 12.4. The van der Waals surface area contributed by atoms with Crippen LogP contribution in [0.2, 0.25) is 0 Å². The van der Waals surface area contributed by atoms with Crippen LogP contribution in [-0.2, 0) is 24.6 Å². The van der Waals surface area contributed by atoms with Gasteiger partial charge in [0.05, 0.1) is 12.5 Å². The highest BCUT2D eigenvalue weighted by molar-refractivity contribution is 6.11. The summed E-state index contributed by atoms with van der Waals surface area (Å²) in [6.07, 6.45) is 0.459. The Bertz CT molecular complexity index is 1130. The lowest BCUT2D eigenvalue weighted by Crippen LogP contribution is -2.54. The van der Waals surface area contributed by atoms with Crippen LogP contribution in [0.15, 0.2) is 54.6 Å². The summed E-state index contributed by atoms with van der Waals surface area (Å²) in [7, 11) is 1.55. The van der Waals surface area contributed by atoms with E-state index in [2.05, 4.69) is 0 Å². The number of hydrogen-bond acceptors (Lipinski definition) is 5. The first-order valence-electron chi connectivity index (χ1n) is 12.4. The average Bonchev–Trinajstić information content (AvgIpc) is 3.12. The fourth-order valence-electron chi connectivity index (χ4n) is 4.93. The Hall–Kier alpha value is -3.68. The van der Waals surface area contributed by atoms with Crippen LogP contribution >= 0.6 is 0 Å². The summed E-state index contributed by atoms with van der Waals surface area (Å²) < 4.78 is 5.25. The normalized spacial score (nSPS) is 20.4. The molecule has 2 aromatic carbocycles. The van der Waals surface area contributed by atoms with Crippen LogP contribution in [0.4, 0.5) is 5.69 Å². The number of imide groups is 1. The fraction of sp³-hybridized carbons (Fsp3) is 0.429. The second kappa shape index (κ2) is 10.5. The number of carbonyl (C=O) groups excluding carboxylic acids is 4. The van der Waals surface area contributed by atoms with Crippen molar-refractivity contribution < 1.29 is 23.9 Å². The van der Waals surface area contributed by atoms with Gasteiger partial charge in [0.2, 0.25) is 23.6 Å². The molecule has 1 unspecified atom stereocenters. The van der Waals surface area contributed by atoms with Gasteiger partial charge in [0.25, 0.3) is 0 Å². The first-order chi connectivity index (χ1) is 17.2. The molecule has 8 nitrogen and oxygen atoms in total. The van der Waals surface area contributed by atoms with E-state index < -0.39 is 5.41 Å². The highest BCUT2D eigenvalue weighted by Gasteiger charge is 2.54. The minimum absolute atomic E-state index is 0.0639. The Labute approximate surface area is 211 Å². The monoisotopic (exact) mass is 491 g/mol. The molecule has 0 N–H and O–H groups in total. The largest absolute Gasteiger partial charge is 0.497 e. The standard InChI is InChI=1S/C28H33N3O5/c1-20(2)13-14-31-25(33)18-28(27(31)35,21-9-11-23(36-3)12-10-21)17-24(32)29-15-16-30(26(34)19-29)22-7-5-4-6-8-22/h4-12,20H,13-19H2,1-3H3. The van der Waals surface area contributed by atoms with E-state index in [1.807, 2.05) is 44.2 Å². The van der Waals surface area contributed by atoms with Crippen LogP contribution in [0.25, 0.3) is 0 Å². The van der Waals surface area contributed by atoms with Crippen molar-refractivity contribution in [2.75, 3.05) is 38.2 Å². The van der Waals surface area contributed by atoms with Gasteiger partial charge < -0.3 is 14.5 Å². The molecule has 2 heterocycles. The van der Waals surface area contributed by atoms with Crippen molar-refractivity contribution in [3.05, 3.63) is 60.2 Å². The maximum absolute atomic E-state index is 13.8. The van der Waals surface area contributed by atoms with Crippen LogP contribution in [0, 0.1) is 5.92 Å². The number of nitrogens with zero attached hydrogens (tertiary/aromatic N) is 3. The molecule has 0 saturated carbocycles. The van der Waals surface area contributed by atoms with Crippen LogP contribution in [0.1, 0.15) is 38.7 Å². The average molecular weight is 492 g/mol. The van der Waals surface area contributed by atoms with Gasteiger partial charge in [-0.1, -0.05) is 44.2 Å². The van der Waals surface area contributed by atoms with Crippen molar-refractivity contribution in [1.82, 2.24) is 9.80 Å². The lowest BCUT2D eigenvalue weighted by Gasteiger charge is -2.36. The predicted molar refractivity (Wildman–Crippen MR) is 135 cm³/mol. The number of methoxy groups -OCH3 is 1. The molecule has 2 saturated heterocycles. The van der Waals surface area contributed by atoms with E-state index in [-0.39, 0.29) is 43.0 Å². The van der Waals surface area contributed by atoms with Crippen molar-refractivity contribution in [2.45, 2.75) is 38.5 Å². The maximum Gasteiger partial charge on any atom is 0.246 e. The zero-order valence-corrected chi connectivity index (χ0v) is 21.1. The van der Waals surface area contributed by atoms with E-state index in [0.717, 1.165) is 5.69 Å². The lowest BCUT2D eigenvalue weighted by atomic mass is 9.75. The van der Waals surface area contributed by atoms with Gasteiger partial charge in [0, 0.05) is 38.2 Å². The van der Waals surface area contributed by atoms with E-state index in [1.165, 1.54) is 9.80 Å². The molecule has 4 amide bonds. The molecular formula is C28H33N3O5. The van der Waals surface area contributed by atoms with Gasteiger partial charge in [-0.3, -0.25) is 24.1 Å². The van der Waals surface area contributed by atoms with Gasteiger partial charge in [0.15, 0.2) is 0 Å². The highest BCUT2D eigenvalue weighted by atomic mass is 16.5. The molecule has 2 aromatic rings. The number of ether oxygens (including phenoxy) is 1. The molecule has 190 valence electrons. The van der Waals surface area contributed by atoms with Crippen LogP contribution < -0.4 is 9.64 Å². The van der Waals surface area contributed by atoms with Gasteiger partial charge in [-0.05, 0) is 42.2 Å². The molecular weight excluding hydrogens is 458 g/mol. The van der Waals surface area contributed by atoms with E-state index in [4.69, 9.17) is 4.74 Å². The second-order valence-electron chi connectivity index (χ2n) is 9.89. The van der Waals surface area contributed by atoms with E-state index in [1.54, 1.807) is 36.3 Å². The molecule has 0 spiro atoms. The summed E-state index contributed by atoms with van der Waals surface area (Å²) in [5.74, 6) is -0.146. The van der Waals surface area contributed by atoms with E-state index >= 15 is 0 Å². The van der Waals surface area contributed by atoms with Gasteiger partial charge in [-0.25, -0.2) is 0 Å². The molecule has 0 bridgehead atoms. The Morgan fingerprint density at radius 1 is 0.972 bits per heavy atom. The molecule has 4 rings (SSSR count). The Balaban J connectivity index is 1.57. The molecule has 0 aromatic heterocycles. The Kier molecular flexibility index (Phi) is 7.43. The molecule has 0 radical (unpaired) electrons. The maximum atomic E-state index is 13.8. The number of para-hydroxylation sites is 1. The number of rotatable bonds is 8. The van der Waals surface area contributed by atoms with Crippen LogP contribution in [0.5, 0.6) is 5.75 Å². The highest BCUT2D eigenvalue weighted by Crippen LogP contribution is 2.41. The molecule has 2 aliphatic heterocycles. The zero-order valence-electron chi connectivity index (χ0n) is 21.1. The predicted octanol–water partition coefficient (Wildman–Crippen LogP) is 3.00. The number of piperazine rings is 1. The number of amides is 4. The number of carbonyl (C=O) groups is 4. The Morgan fingerprint density at radius 3 is 2.28 bits per heavy atom. The van der Waals surface area contributed by atoms with Crippen molar-refractivity contribution in [3.8, 4) is 5.75 Å². The molecule has 36 heavy (non-hydrogen) atoms. The third-order valence-electron chi connectivity index (χ3n) is 7.08. The molecule has 8 heteroatoms. The third kappa shape index (κ3) is 4.98. The summed E-state index contributed by atoms with van der Waals surface area (Å²) in [6, 6.07) is 16.3. The minimum atomic E-state index is -1.29. The van der Waals surface area contributed by atoms with Crippen molar-refractivity contribution in [1.29, 1.82) is 0 Å². The van der Waals surface area contributed by atoms with Crippen molar-refractivity contribution in [3.63, 3.8) is 0 Å². The summed E-state index contributed by atoms with van der Waals surface area (Å²) in [6.45, 7) is 5.07. The van der Waals surface area contributed by atoms with Gasteiger partial charge in [0.1, 0.15) is 12.3 Å². The second-order valence-corrected chi connectivity index (χ2v) is 9.89. The summed E-state index contributed by atoms with van der Waals surface area (Å²) >= 11 is 0. The SMILES string of the molecule is COc1ccc(C2(CC(=O)N3CCN(c4ccccc4)C(=O)C3)CC(=O)N(CCC(C)C)C2=O)cc1. The zero-order chi connectivity index (χ0) is 25.9. The molecule has 0 aliphatic carbocycles. The Morgan fingerprint density at radius 2 is 1.67 bits per heavy atom. The summed E-state index contributed by atoms with van der Waals surface area (Å²) in [5, 5.41) is 0. The van der Waals surface area contributed by atoms with Crippen LogP contribution in [-0.4, -0.2) is 66.7 Å². The molecule has 1 atom stereocenters. The van der Waals surface area contributed by atoms with E-state index in [0.29, 0.717) is 43.3 Å². The quantitative estimate of drug-likeness (QED) is 0.530. The van der Waals surface area contributed by atoms with Gasteiger partial charge in [-0.15, -0.1) is 0 Å². The first kappa shape index (κ1) is 25.4. The summed E-state index contributed by atoms with van der Waals surface area (Å²) in [5.41, 5.74) is 0.106. The lowest BCUT2D eigenvalue weighted by molar-refractivity contribution is -0.143. The van der Waals surface area contributed by atoms with Crippen molar-refractivity contribution in [2.24, 2.45) is 5.92 Å². The number of anilines is 1. The van der Waals surface area contributed by atoms with Crippen molar-refractivity contribution >= 4 is 29.3 Å². The number of benzene rings is 2. The van der Waals surface area contributed by atoms with E-state index in [9.17, 15) is 19.2 Å². The minimum Gasteiger partial charge on any atom is -0.497 e. The number of hydrogen-bond donors (Lipinski definition) is 0. The van der Waals surface area contributed by atoms with Crippen LogP contribution in [0.3, 0.4) is 0 Å². The number of likely N-dealkylation sites (tertiary alicyclic amines) is 1. The fourth-order valence-corrected chi connectivity index (χ4v) is 4.93. The third-order valence-corrected chi connectivity index (χ3v) is 7.08. The summed E-state index contributed by atoms with van der Waals surface area (Å²) in [4.78, 5) is 57.6. The molecule has 2 fully saturated rings. The topological polar surface area (TPSA) is 87.2 Å². The smallest absolute Gasteiger partial charge is 0.246 e. The molecule has 2 aliphatic rings. The van der Waals surface area contributed by atoms with Gasteiger partial charge >= 0.3 is 0 Å².